The molecule has 1 aromatic rings. The fraction of sp³-hybridized carbons (Fsp3) is 0.500. The first-order valence-electron chi connectivity index (χ1n) is 7.08. The molecule has 20 heavy (non-hydrogen) atoms. The Kier molecular flexibility index (Phi) is 6.58. The molecule has 0 aromatic heterocycles. The number of rotatable bonds is 7. The van der Waals surface area contributed by atoms with Gasteiger partial charge in [0.05, 0.1) is 11.6 Å². The molecule has 0 spiro atoms. The first-order chi connectivity index (χ1) is 9.62. The zero-order chi connectivity index (χ0) is 15.0. The SMILES string of the molecule is CCCCN(CC)C(=O)C(C)Oc1ccc(C#N)cc1. The second-order valence-electron chi connectivity index (χ2n) is 4.67. The van der Waals surface area contributed by atoms with Crippen LogP contribution in [0.3, 0.4) is 0 Å². The second kappa shape index (κ2) is 8.21. The molecule has 1 atom stereocenters. The number of ether oxygens (including phenoxy) is 1. The molecule has 0 aliphatic carbocycles. The maximum Gasteiger partial charge on any atom is 0.263 e. The number of carbonyl (C=O) groups excluding carboxylic acids is 1. The minimum Gasteiger partial charge on any atom is -0.481 e. The third kappa shape index (κ3) is 4.58. The van der Waals surface area contributed by atoms with Crippen LogP contribution in [0.25, 0.3) is 0 Å². The second-order valence-corrected chi connectivity index (χ2v) is 4.67. The summed E-state index contributed by atoms with van der Waals surface area (Å²) >= 11 is 0. The van der Waals surface area contributed by atoms with Crippen LogP contribution in [0.15, 0.2) is 24.3 Å². The fourth-order valence-electron chi connectivity index (χ4n) is 1.89. The summed E-state index contributed by atoms with van der Waals surface area (Å²) < 4.78 is 5.64. The summed E-state index contributed by atoms with van der Waals surface area (Å²) in [5.74, 6) is 0.613. The smallest absolute Gasteiger partial charge is 0.263 e. The van der Waals surface area contributed by atoms with Gasteiger partial charge in [0.1, 0.15) is 5.75 Å². The van der Waals surface area contributed by atoms with Crippen LogP contribution in [0.2, 0.25) is 0 Å². The quantitative estimate of drug-likeness (QED) is 0.768. The predicted octanol–water partition coefficient (Wildman–Crippen LogP) is 2.97. The van der Waals surface area contributed by atoms with Crippen LogP contribution in [-0.4, -0.2) is 30.0 Å². The molecule has 4 heteroatoms. The van der Waals surface area contributed by atoms with Gasteiger partial charge in [-0.05, 0) is 44.5 Å². The van der Waals surface area contributed by atoms with Gasteiger partial charge in [-0.25, -0.2) is 0 Å². The van der Waals surface area contributed by atoms with Gasteiger partial charge in [-0.2, -0.15) is 5.26 Å². The molecule has 0 radical (unpaired) electrons. The number of hydrogen-bond acceptors (Lipinski definition) is 3. The standard InChI is InChI=1S/C16H22N2O2/c1-4-6-11-18(5-2)16(19)13(3)20-15-9-7-14(12-17)8-10-15/h7-10,13H,4-6,11H2,1-3H3. The number of nitriles is 1. The van der Waals surface area contributed by atoms with E-state index in [4.69, 9.17) is 10.00 Å². The van der Waals surface area contributed by atoms with E-state index in [1.54, 1.807) is 31.2 Å². The Morgan fingerprint density at radius 3 is 2.50 bits per heavy atom. The molecule has 0 bridgehead atoms. The number of hydrogen-bond donors (Lipinski definition) is 0. The monoisotopic (exact) mass is 274 g/mol. The number of nitrogens with zero attached hydrogens (tertiary/aromatic N) is 2. The summed E-state index contributed by atoms with van der Waals surface area (Å²) in [7, 11) is 0. The number of benzene rings is 1. The van der Waals surface area contributed by atoms with Crippen molar-refractivity contribution in [3.8, 4) is 11.8 Å². The lowest BCUT2D eigenvalue weighted by atomic mass is 10.2. The van der Waals surface area contributed by atoms with Crippen LogP contribution in [-0.2, 0) is 4.79 Å². The van der Waals surface area contributed by atoms with Crippen LogP contribution < -0.4 is 4.74 Å². The highest BCUT2D eigenvalue weighted by molar-refractivity contribution is 5.80. The predicted molar refractivity (Wildman–Crippen MR) is 78.4 cm³/mol. The largest absolute Gasteiger partial charge is 0.481 e. The van der Waals surface area contributed by atoms with E-state index < -0.39 is 6.10 Å². The molecule has 0 aliphatic heterocycles. The van der Waals surface area contributed by atoms with Crippen molar-refractivity contribution < 1.29 is 9.53 Å². The third-order valence-electron chi connectivity index (χ3n) is 3.12. The Labute approximate surface area is 121 Å². The molecular weight excluding hydrogens is 252 g/mol. The average molecular weight is 274 g/mol. The van der Waals surface area contributed by atoms with Crippen molar-refractivity contribution in [3.63, 3.8) is 0 Å². The highest BCUT2D eigenvalue weighted by Gasteiger charge is 2.20. The maximum atomic E-state index is 12.3. The minimum absolute atomic E-state index is 0.00492. The van der Waals surface area contributed by atoms with Crippen LogP contribution in [0, 0.1) is 11.3 Å². The lowest BCUT2D eigenvalue weighted by molar-refractivity contribution is -0.137. The van der Waals surface area contributed by atoms with E-state index in [-0.39, 0.29) is 5.91 Å². The van der Waals surface area contributed by atoms with E-state index in [1.165, 1.54) is 0 Å². The third-order valence-corrected chi connectivity index (χ3v) is 3.12. The Morgan fingerprint density at radius 2 is 2.00 bits per heavy atom. The van der Waals surface area contributed by atoms with Crippen LogP contribution in [0.5, 0.6) is 5.75 Å². The maximum absolute atomic E-state index is 12.3. The highest BCUT2D eigenvalue weighted by atomic mass is 16.5. The minimum atomic E-state index is -0.514. The number of amides is 1. The molecule has 1 rings (SSSR count). The molecule has 108 valence electrons. The number of unbranched alkanes of at least 4 members (excludes halogenated alkanes) is 1. The first kappa shape index (κ1) is 16.0. The number of likely N-dealkylation sites (N-methyl/N-ethyl adjacent to an activating group) is 1. The molecule has 0 aliphatic rings. The van der Waals surface area contributed by atoms with E-state index in [0.717, 1.165) is 19.4 Å². The Morgan fingerprint density at radius 1 is 1.35 bits per heavy atom. The molecule has 0 fully saturated rings. The van der Waals surface area contributed by atoms with Gasteiger partial charge in [0.15, 0.2) is 6.10 Å². The summed E-state index contributed by atoms with van der Waals surface area (Å²) in [5.41, 5.74) is 0.578. The molecule has 4 nitrogen and oxygen atoms in total. The summed E-state index contributed by atoms with van der Waals surface area (Å²) in [6.07, 6.45) is 1.55. The number of carbonyl (C=O) groups is 1. The summed E-state index contributed by atoms with van der Waals surface area (Å²) in [6.45, 7) is 7.30. The van der Waals surface area contributed by atoms with E-state index in [1.807, 2.05) is 11.8 Å². The van der Waals surface area contributed by atoms with Crippen LogP contribution >= 0.6 is 0 Å². The van der Waals surface area contributed by atoms with Crippen molar-refractivity contribution in [2.75, 3.05) is 13.1 Å². The lowest BCUT2D eigenvalue weighted by Gasteiger charge is -2.24. The van der Waals surface area contributed by atoms with E-state index in [2.05, 4.69) is 13.0 Å². The van der Waals surface area contributed by atoms with E-state index >= 15 is 0 Å². The van der Waals surface area contributed by atoms with Gasteiger partial charge in [-0.15, -0.1) is 0 Å². The van der Waals surface area contributed by atoms with E-state index in [0.29, 0.717) is 17.9 Å². The van der Waals surface area contributed by atoms with Gasteiger partial charge in [-0.3, -0.25) is 4.79 Å². The molecular formula is C16H22N2O2. The zero-order valence-corrected chi connectivity index (χ0v) is 12.4. The van der Waals surface area contributed by atoms with Crippen molar-refractivity contribution in [1.82, 2.24) is 4.90 Å². The Bertz CT molecular complexity index is 462. The van der Waals surface area contributed by atoms with Crippen molar-refractivity contribution >= 4 is 5.91 Å². The lowest BCUT2D eigenvalue weighted by Crippen LogP contribution is -2.40. The molecule has 1 amide bonds. The molecule has 0 saturated carbocycles. The van der Waals surface area contributed by atoms with Gasteiger partial charge < -0.3 is 9.64 Å². The fourth-order valence-corrected chi connectivity index (χ4v) is 1.89. The Balaban J connectivity index is 2.61. The highest BCUT2D eigenvalue weighted by Crippen LogP contribution is 2.14. The molecule has 0 heterocycles. The Hall–Kier alpha value is -2.02. The van der Waals surface area contributed by atoms with Gasteiger partial charge in [0.2, 0.25) is 0 Å². The molecule has 1 unspecified atom stereocenters. The first-order valence-corrected chi connectivity index (χ1v) is 7.08. The summed E-state index contributed by atoms with van der Waals surface area (Å²) in [4.78, 5) is 14.1. The van der Waals surface area contributed by atoms with Gasteiger partial charge in [0, 0.05) is 13.1 Å². The molecule has 0 saturated heterocycles. The van der Waals surface area contributed by atoms with Gasteiger partial charge in [0.25, 0.3) is 5.91 Å². The van der Waals surface area contributed by atoms with Gasteiger partial charge in [-0.1, -0.05) is 13.3 Å². The van der Waals surface area contributed by atoms with Crippen molar-refractivity contribution in [1.29, 1.82) is 5.26 Å². The van der Waals surface area contributed by atoms with Gasteiger partial charge >= 0.3 is 0 Å². The van der Waals surface area contributed by atoms with Crippen molar-refractivity contribution in [3.05, 3.63) is 29.8 Å². The average Bonchev–Trinajstić information content (AvgIpc) is 2.48. The molecule has 0 N–H and O–H groups in total. The summed E-state index contributed by atoms with van der Waals surface area (Å²) in [5, 5.41) is 8.73. The van der Waals surface area contributed by atoms with Crippen molar-refractivity contribution in [2.45, 2.75) is 39.7 Å². The molecule has 1 aromatic carbocycles. The summed E-state index contributed by atoms with van der Waals surface area (Å²) in [6, 6.07) is 8.84. The van der Waals surface area contributed by atoms with Crippen molar-refractivity contribution in [2.24, 2.45) is 0 Å². The van der Waals surface area contributed by atoms with E-state index in [9.17, 15) is 4.79 Å². The van der Waals surface area contributed by atoms with Crippen LogP contribution in [0.4, 0.5) is 0 Å². The zero-order valence-electron chi connectivity index (χ0n) is 12.4. The van der Waals surface area contributed by atoms with Crippen LogP contribution in [0.1, 0.15) is 39.2 Å². The normalized spacial score (nSPS) is 11.5. The topological polar surface area (TPSA) is 53.3 Å².